The first-order chi connectivity index (χ1) is 9.88. The number of nitrogens with two attached hydrogens (primary N) is 2. The molecule has 1 heterocycles. The number of nitrogens with zero attached hydrogens (tertiary/aromatic N) is 2. The van der Waals surface area contributed by atoms with Gasteiger partial charge in [-0.25, -0.2) is 9.97 Å². The van der Waals surface area contributed by atoms with Gasteiger partial charge in [-0.3, -0.25) is 4.79 Å². The van der Waals surface area contributed by atoms with Gasteiger partial charge in [0.2, 0.25) is 5.91 Å². The Labute approximate surface area is 123 Å². The Morgan fingerprint density at radius 2 is 1.90 bits per heavy atom. The number of amides is 1. The molecule has 0 saturated carbocycles. The lowest BCUT2D eigenvalue weighted by molar-refractivity contribution is -0.125. The average Bonchev–Trinajstić information content (AvgIpc) is 2.45. The van der Waals surface area contributed by atoms with Gasteiger partial charge in [0.1, 0.15) is 11.6 Å². The van der Waals surface area contributed by atoms with E-state index in [1.165, 1.54) is 0 Å². The summed E-state index contributed by atoms with van der Waals surface area (Å²) in [7, 11) is 0. The van der Waals surface area contributed by atoms with Crippen LogP contribution in [0.2, 0.25) is 0 Å². The molecule has 110 valence electrons. The van der Waals surface area contributed by atoms with Gasteiger partial charge in [0.05, 0.1) is 5.41 Å². The summed E-state index contributed by atoms with van der Waals surface area (Å²) >= 11 is 0. The summed E-state index contributed by atoms with van der Waals surface area (Å²) in [6.45, 7) is 3.91. The van der Waals surface area contributed by atoms with Gasteiger partial charge in [0, 0.05) is 18.2 Å². The molecule has 0 atom stereocenters. The second-order valence-electron chi connectivity index (χ2n) is 5.47. The molecule has 1 amide bonds. The molecule has 1 aromatic carbocycles. The van der Waals surface area contributed by atoms with E-state index < -0.39 is 5.41 Å². The second kappa shape index (κ2) is 5.78. The number of aromatic nitrogens is 2. The van der Waals surface area contributed by atoms with Crippen LogP contribution in [0.5, 0.6) is 0 Å². The molecule has 0 aliphatic carbocycles. The van der Waals surface area contributed by atoms with E-state index in [-0.39, 0.29) is 5.91 Å². The number of carbonyl (C=O) groups is 1. The van der Waals surface area contributed by atoms with E-state index in [1.54, 1.807) is 19.9 Å². The van der Waals surface area contributed by atoms with Crippen molar-refractivity contribution in [2.75, 3.05) is 17.6 Å². The molecule has 0 aliphatic rings. The minimum atomic E-state index is -0.674. The van der Waals surface area contributed by atoms with Gasteiger partial charge in [0.25, 0.3) is 0 Å². The molecule has 0 aliphatic heterocycles. The molecule has 1 aromatic heterocycles. The Kier molecular flexibility index (Phi) is 4.07. The Hall–Kier alpha value is -2.63. The topological polar surface area (TPSA) is 107 Å². The van der Waals surface area contributed by atoms with Gasteiger partial charge < -0.3 is 16.8 Å². The van der Waals surface area contributed by atoms with Gasteiger partial charge in [0.15, 0.2) is 5.82 Å². The van der Waals surface area contributed by atoms with E-state index in [1.807, 2.05) is 30.3 Å². The fourth-order valence-electron chi connectivity index (χ4n) is 1.67. The standard InChI is InChI=1S/C15H19N5O/c1-15(2,14(17)21)9-18-12-8-11(16)19-13(20-12)10-6-4-3-5-7-10/h3-8H,9H2,1-2H3,(H2,17,21)(H3,16,18,19,20). The predicted molar refractivity (Wildman–Crippen MR) is 83.3 cm³/mol. The van der Waals surface area contributed by atoms with Crippen LogP contribution in [0.4, 0.5) is 11.6 Å². The Morgan fingerprint density at radius 1 is 1.24 bits per heavy atom. The third-order valence-corrected chi connectivity index (χ3v) is 3.16. The van der Waals surface area contributed by atoms with Crippen LogP contribution in [0.1, 0.15) is 13.8 Å². The second-order valence-corrected chi connectivity index (χ2v) is 5.47. The number of rotatable bonds is 5. The Bertz CT molecular complexity index is 640. The number of nitrogens with one attached hydrogen (secondary N) is 1. The van der Waals surface area contributed by atoms with Crippen LogP contribution in [-0.4, -0.2) is 22.4 Å². The Morgan fingerprint density at radius 3 is 2.52 bits per heavy atom. The lowest BCUT2D eigenvalue weighted by atomic mass is 9.93. The summed E-state index contributed by atoms with van der Waals surface area (Å²) in [5, 5.41) is 3.09. The molecule has 2 rings (SSSR count). The molecule has 0 spiro atoms. The number of primary amides is 1. The van der Waals surface area contributed by atoms with Gasteiger partial charge in [-0.2, -0.15) is 0 Å². The largest absolute Gasteiger partial charge is 0.384 e. The molecule has 6 nitrogen and oxygen atoms in total. The van der Waals surface area contributed by atoms with E-state index in [0.29, 0.717) is 24.0 Å². The Balaban J connectivity index is 2.22. The molecule has 6 heteroatoms. The van der Waals surface area contributed by atoms with Crippen LogP contribution in [-0.2, 0) is 4.79 Å². The summed E-state index contributed by atoms with van der Waals surface area (Å²) in [4.78, 5) is 20.0. The molecule has 0 radical (unpaired) electrons. The fraction of sp³-hybridized carbons (Fsp3) is 0.267. The molecular weight excluding hydrogens is 266 g/mol. The number of hydrogen-bond donors (Lipinski definition) is 3. The van der Waals surface area contributed by atoms with Crippen molar-refractivity contribution in [3.05, 3.63) is 36.4 Å². The first-order valence-corrected chi connectivity index (χ1v) is 6.62. The minimum absolute atomic E-state index is 0.364. The van der Waals surface area contributed by atoms with E-state index in [2.05, 4.69) is 15.3 Å². The van der Waals surface area contributed by atoms with Crippen molar-refractivity contribution in [2.45, 2.75) is 13.8 Å². The van der Waals surface area contributed by atoms with Crippen LogP contribution in [0, 0.1) is 5.41 Å². The van der Waals surface area contributed by atoms with Crippen LogP contribution < -0.4 is 16.8 Å². The zero-order valence-corrected chi connectivity index (χ0v) is 12.1. The van der Waals surface area contributed by atoms with Crippen molar-refractivity contribution < 1.29 is 4.79 Å². The molecule has 0 fully saturated rings. The van der Waals surface area contributed by atoms with Crippen LogP contribution in [0.25, 0.3) is 11.4 Å². The van der Waals surface area contributed by atoms with Crippen molar-refractivity contribution >= 4 is 17.5 Å². The monoisotopic (exact) mass is 285 g/mol. The van der Waals surface area contributed by atoms with Crippen molar-refractivity contribution in [2.24, 2.45) is 11.1 Å². The highest BCUT2D eigenvalue weighted by Gasteiger charge is 2.24. The van der Waals surface area contributed by atoms with E-state index in [9.17, 15) is 4.79 Å². The van der Waals surface area contributed by atoms with Gasteiger partial charge in [-0.1, -0.05) is 30.3 Å². The fourth-order valence-corrected chi connectivity index (χ4v) is 1.67. The molecule has 0 saturated heterocycles. The highest BCUT2D eigenvalue weighted by Crippen LogP contribution is 2.20. The lowest BCUT2D eigenvalue weighted by Crippen LogP contribution is -2.37. The predicted octanol–water partition coefficient (Wildman–Crippen LogP) is 1.65. The molecule has 5 N–H and O–H groups in total. The average molecular weight is 285 g/mol. The summed E-state index contributed by atoms with van der Waals surface area (Å²) in [5.41, 5.74) is 11.4. The van der Waals surface area contributed by atoms with Crippen molar-refractivity contribution in [3.8, 4) is 11.4 Å². The summed E-state index contributed by atoms with van der Waals surface area (Å²) in [6, 6.07) is 11.2. The lowest BCUT2D eigenvalue weighted by Gasteiger charge is -2.21. The van der Waals surface area contributed by atoms with E-state index >= 15 is 0 Å². The maximum atomic E-state index is 11.3. The number of hydrogen-bond acceptors (Lipinski definition) is 5. The summed E-state index contributed by atoms with van der Waals surface area (Å²) < 4.78 is 0. The van der Waals surface area contributed by atoms with Crippen molar-refractivity contribution in [3.63, 3.8) is 0 Å². The highest BCUT2D eigenvalue weighted by atomic mass is 16.1. The first-order valence-electron chi connectivity index (χ1n) is 6.62. The van der Waals surface area contributed by atoms with Gasteiger partial charge in [-0.15, -0.1) is 0 Å². The van der Waals surface area contributed by atoms with Crippen molar-refractivity contribution in [1.29, 1.82) is 0 Å². The number of carbonyl (C=O) groups excluding carboxylic acids is 1. The minimum Gasteiger partial charge on any atom is -0.384 e. The van der Waals surface area contributed by atoms with Gasteiger partial charge >= 0.3 is 0 Å². The third kappa shape index (κ3) is 3.68. The molecule has 2 aromatic rings. The molecular formula is C15H19N5O. The quantitative estimate of drug-likeness (QED) is 0.774. The number of nitrogen functional groups attached to an aromatic ring is 1. The van der Waals surface area contributed by atoms with Crippen LogP contribution in [0.3, 0.4) is 0 Å². The van der Waals surface area contributed by atoms with Crippen molar-refractivity contribution in [1.82, 2.24) is 9.97 Å². The first kappa shape index (κ1) is 14.8. The number of anilines is 2. The maximum Gasteiger partial charge on any atom is 0.224 e. The molecule has 0 unspecified atom stereocenters. The smallest absolute Gasteiger partial charge is 0.224 e. The van der Waals surface area contributed by atoms with E-state index in [4.69, 9.17) is 11.5 Å². The highest BCUT2D eigenvalue weighted by molar-refractivity contribution is 5.80. The zero-order valence-electron chi connectivity index (χ0n) is 12.1. The van der Waals surface area contributed by atoms with Crippen LogP contribution in [0.15, 0.2) is 36.4 Å². The molecule has 0 bridgehead atoms. The number of benzene rings is 1. The van der Waals surface area contributed by atoms with Gasteiger partial charge in [-0.05, 0) is 13.8 Å². The maximum absolute atomic E-state index is 11.3. The summed E-state index contributed by atoms with van der Waals surface area (Å²) in [6.07, 6.45) is 0. The molecule has 21 heavy (non-hydrogen) atoms. The zero-order chi connectivity index (χ0) is 15.5. The van der Waals surface area contributed by atoms with E-state index in [0.717, 1.165) is 5.56 Å². The summed E-state index contributed by atoms with van der Waals surface area (Å²) in [5.74, 6) is 1.09. The SMILES string of the molecule is CC(C)(CNc1cc(N)nc(-c2ccccc2)n1)C(N)=O. The van der Waals surface area contributed by atoms with Crippen LogP contribution >= 0.6 is 0 Å². The third-order valence-electron chi connectivity index (χ3n) is 3.16. The normalized spacial score (nSPS) is 11.1.